The SMILES string of the molecule is CC(F)OC(=O)Oc1ccc(C(C)(C)C)cc1. The predicted molar refractivity (Wildman–Crippen MR) is 62.8 cm³/mol. The molecule has 0 N–H and O–H groups in total. The fourth-order valence-electron chi connectivity index (χ4n) is 1.28. The van der Waals surface area contributed by atoms with E-state index in [1.165, 1.54) is 0 Å². The van der Waals surface area contributed by atoms with Crippen LogP contribution in [0.5, 0.6) is 5.75 Å². The Bertz CT molecular complexity index is 377. The number of hydrogen-bond acceptors (Lipinski definition) is 3. The van der Waals surface area contributed by atoms with Crippen LogP contribution < -0.4 is 4.74 Å². The molecule has 3 nitrogen and oxygen atoms in total. The molecule has 17 heavy (non-hydrogen) atoms. The van der Waals surface area contributed by atoms with Gasteiger partial charge in [-0.05, 0) is 23.1 Å². The van der Waals surface area contributed by atoms with E-state index in [0.717, 1.165) is 12.5 Å². The van der Waals surface area contributed by atoms with Crippen LogP contribution in [0.3, 0.4) is 0 Å². The summed E-state index contributed by atoms with van der Waals surface area (Å²) in [7, 11) is 0. The highest BCUT2D eigenvalue weighted by Gasteiger charge is 2.14. The van der Waals surface area contributed by atoms with Gasteiger partial charge in [0.2, 0.25) is 6.36 Å². The first-order chi connectivity index (χ1) is 7.79. The van der Waals surface area contributed by atoms with Crippen molar-refractivity contribution < 1.29 is 18.7 Å². The van der Waals surface area contributed by atoms with Gasteiger partial charge >= 0.3 is 6.16 Å². The number of benzene rings is 1. The Labute approximate surface area is 101 Å². The van der Waals surface area contributed by atoms with E-state index in [1.807, 2.05) is 12.1 Å². The van der Waals surface area contributed by atoms with E-state index < -0.39 is 12.5 Å². The van der Waals surface area contributed by atoms with Crippen LogP contribution in [0.25, 0.3) is 0 Å². The zero-order valence-corrected chi connectivity index (χ0v) is 10.5. The Kier molecular flexibility index (Phi) is 4.10. The lowest BCUT2D eigenvalue weighted by Gasteiger charge is -2.18. The van der Waals surface area contributed by atoms with E-state index in [-0.39, 0.29) is 5.41 Å². The summed E-state index contributed by atoms with van der Waals surface area (Å²) >= 11 is 0. The molecule has 1 atom stereocenters. The number of carbonyl (C=O) groups excluding carboxylic acids is 1. The summed E-state index contributed by atoms with van der Waals surface area (Å²) in [5.41, 5.74) is 1.16. The molecule has 0 radical (unpaired) electrons. The molecule has 0 fully saturated rings. The van der Waals surface area contributed by atoms with Crippen molar-refractivity contribution >= 4 is 6.16 Å². The lowest BCUT2D eigenvalue weighted by molar-refractivity contribution is 0.00195. The second-order valence-electron chi connectivity index (χ2n) is 4.79. The van der Waals surface area contributed by atoms with Crippen LogP contribution in [0, 0.1) is 0 Å². The van der Waals surface area contributed by atoms with E-state index in [0.29, 0.717) is 5.75 Å². The zero-order chi connectivity index (χ0) is 13.1. The number of alkyl halides is 1. The van der Waals surface area contributed by atoms with Gasteiger partial charge in [-0.1, -0.05) is 32.9 Å². The van der Waals surface area contributed by atoms with Gasteiger partial charge in [0.05, 0.1) is 0 Å². The van der Waals surface area contributed by atoms with Crippen LogP contribution in [0.2, 0.25) is 0 Å². The summed E-state index contributed by atoms with van der Waals surface area (Å²) < 4.78 is 21.4. The van der Waals surface area contributed by atoms with E-state index in [2.05, 4.69) is 25.5 Å². The van der Waals surface area contributed by atoms with Crippen molar-refractivity contribution in [2.24, 2.45) is 0 Å². The van der Waals surface area contributed by atoms with Crippen molar-refractivity contribution in [2.75, 3.05) is 0 Å². The smallest absolute Gasteiger partial charge is 0.400 e. The standard InChI is InChI=1S/C13H17FO3/c1-9(14)16-12(15)17-11-7-5-10(6-8-11)13(2,3)4/h5-9H,1-4H3. The van der Waals surface area contributed by atoms with Gasteiger partial charge in [-0.3, -0.25) is 0 Å². The van der Waals surface area contributed by atoms with Gasteiger partial charge in [-0.2, -0.15) is 0 Å². The van der Waals surface area contributed by atoms with E-state index in [4.69, 9.17) is 4.74 Å². The average Bonchev–Trinajstić information content (AvgIpc) is 2.15. The number of rotatable bonds is 2. The number of hydrogen-bond donors (Lipinski definition) is 0. The van der Waals surface area contributed by atoms with Crippen molar-refractivity contribution in [3.8, 4) is 5.75 Å². The minimum absolute atomic E-state index is 0.0342. The molecule has 0 aliphatic carbocycles. The first-order valence-electron chi connectivity index (χ1n) is 5.42. The molecule has 1 aromatic carbocycles. The second kappa shape index (κ2) is 5.17. The Hall–Kier alpha value is -1.58. The lowest BCUT2D eigenvalue weighted by atomic mass is 9.87. The highest BCUT2D eigenvalue weighted by atomic mass is 19.1. The van der Waals surface area contributed by atoms with Crippen molar-refractivity contribution in [1.82, 2.24) is 0 Å². The fourth-order valence-corrected chi connectivity index (χ4v) is 1.28. The summed E-state index contributed by atoms with van der Waals surface area (Å²) in [5.74, 6) is 0.337. The molecule has 0 saturated carbocycles. The third kappa shape index (κ3) is 4.43. The normalized spacial score (nSPS) is 13.0. The average molecular weight is 240 g/mol. The molecule has 0 spiro atoms. The maximum absolute atomic E-state index is 12.4. The molecule has 0 bridgehead atoms. The van der Waals surface area contributed by atoms with E-state index in [9.17, 15) is 9.18 Å². The molecule has 1 aromatic rings. The summed E-state index contributed by atoms with van der Waals surface area (Å²) in [6.07, 6.45) is -2.71. The van der Waals surface area contributed by atoms with Gasteiger partial charge in [0.15, 0.2) is 0 Å². The van der Waals surface area contributed by atoms with Gasteiger partial charge in [-0.15, -0.1) is 0 Å². The van der Waals surface area contributed by atoms with Crippen LogP contribution in [0.4, 0.5) is 9.18 Å². The molecule has 4 heteroatoms. The minimum atomic E-state index is -1.67. The minimum Gasteiger partial charge on any atom is -0.400 e. The van der Waals surface area contributed by atoms with E-state index >= 15 is 0 Å². The maximum atomic E-state index is 12.4. The number of halogens is 1. The van der Waals surface area contributed by atoms with Gasteiger partial charge < -0.3 is 9.47 Å². The molecule has 0 heterocycles. The zero-order valence-electron chi connectivity index (χ0n) is 10.5. The molecule has 0 amide bonds. The summed E-state index contributed by atoms with van der Waals surface area (Å²) in [5, 5.41) is 0. The summed E-state index contributed by atoms with van der Waals surface area (Å²) in [6, 6.07) is 7.04. The summed E-state index contributed by atoms with van der Waals surface area (Å²) in [6.45, 7) is 7.37. The third-order valence-corrected chi connectivity index (χ3v) is 2.18. The summed E-state index contributed by atoms with van der Waals surface area (Å²) in [4.78, 5) is 11.0. The van der Waals surface area contributed by atoms with Crippen LogP contribution in [0.1, 0.15) is 33.3 Å². The molecule has 1 unspecified atom stereocenters. The van der Waals surface area contributed by atoms with Crippen molar-refractivity contribution in [3.05, 3.63) is 29.8 Å². The van der Waals surface area contributed by atoms with Crippen molar-refractivity contribution in [3.63, 3.8) is 0 Å². The monoisotopic (exact) mass is 240 g/mol. The number of ether oxygens (including phenoxy) is 2. The van der Waals surface area contributed by atoms with Crippen LogP contribution in [-0.2, 0) is 10.2 Å². The van der Waals surface area contributed by atoms with Gasteiger partial charge in [0.25, 0.3) is 0 Å². The molecule has 0 aliphatic rings. The number of carbonyl (C=O) groups is 1. The van der Waals surface area contributed by atoms with Gasteiger partial charge in [0, 0.05) is 6.92 Å². The molecular weight excluding hydrogens is 223 g/mol. The first kappa shape index (κ1) is 13.5. The second-order valence-corrected chi connectivity index (χ2v) is 4.79. The Morgan fingerprint density at radius 3 is 2.18 bits per heavy atom. The predicted octanol–water partition coefficient (Wildman–Crippen LogP) is 3.82. The Balaban J connectivity index is 2.66. The maximum Gasteiger partial charge on any atom is 0.516 e. The van der Waals surface area contributed by atoms with Gasteiger partial charge in [-0.25, -0.2) is 9.18 Å². The van der Waals surface area contributed by atoms with Crippen LogP contribution in [0.15, 0.2) is 24.3 Å². The largest absolute Gasteiger partial charge is 0.516 e. The van der Waals surface area contributed by atoms with Crippen molar-refractivity contribution in [1.29, 1.82) is 0 Å². The highest BCUT2D eigenvalue weighted by Crippen LogP contribution is 2.24. The third-order valence-electron chi connectivity index (χ3n) is 2.18. The Morgan fingerprint density at radius 1 is 1.24 bits per heavy atom. The first-order valence-corrected chi connectivity index (χ1v) is 5.42. The topological polar surface area (TPSA) is 35.5 Å². The highest BCUT2D eigenvalue weighted by molar-refractivity contribution is 5.63. The molecule has 1 rings (SSSR count). The van der Waals surface area contributed by atoms with E-state index in [1.54, 1.807) is 12.1 Å². The van der Waals surface area contributed by atoms with Gasteiger partial charge in [0.1, 0.15) is 5.75 Å². The molecule has 0 saturated heterocycles. The van der Waals surface area contributed by atoms with Crippen molar-refractivity contribution in [2.45, 2.75) is 39.5 Å². The molecular formula is C13H17FO3. The molecule has 94 valence electrons. The molecule has 0 aliphatic heterocycles. The molecule has 0 aromatic heterocycles. The Morgan fingerprint density at radius 2 is 1.76 bits per heavy atom. The van der Waals surface area contributed by atoms with Crippen LogP contribution >= 0.6 is 0 Å². The van der Waals surface area contributed by atoms with Crippen LogP contribution in [-0.4, -0.2) is 12.5 Å². The quantitative estimate of drug-likeness (QED) is 0.582. The fraction of sp³-hybridized carbons (Fsp3) is 0.462. The lowest BCUT2D eigenvalue weighted by Crippen LogP contribution is -2.15.